The zero-order valence-corrected chi connectivity index (χ0v) is 16.9. The topological polar surface area (TPSA) is 59.3 Å². The lowest BCUT2D eigenvalue weighted by molar-refractivity contribution is -0.142. The molecule has 0 fully saturated rings. The lowest BCUT2D eigenvalue weighted by atomic mass is 10.1. The third kappa shape index (κ3) is 4.77. The summed E-state index contributed by atoms with van der Waals surface area (Å²) in [5.41, 5.74) is -2.79. The fraction of sp³-hybridized carbons (Fsp3) is 0.0952. The van der Waals surface area contributed by atoms with Gasteiger partial charge in [-0.2, -0.15) is 31.4 Å². The second kappa shape index (κ2) is 8.07. The van der Waals surface area contributed by atoms with Crippen molar-refractivity contribution in [2.24, 2.45) is 0 Å². The van der Waals surface area contributed by atoms with Crippen molar-refractivity contribution in [3.05, 3.63) is 82.6 Å². The van der Waals surface area contributed by atoms with Gasteiger partial charge in [-0.05, 0) is 36.4 Å². The van der Waals surface area contributed by atoms with Gasteiger partial charge in [-0.25, -0.2) is 9.50 Å². The van der Waals surface area contributed by atoms with E-state index < -0.39 is 35.2 Å². The van der Waals surface area contributed by atoms with Crippen LogP contribution < -0.4 is 5.32 Å². The molecule has 0 aliphatic carbocycles. The minimum absolute atomic E-state index is 0.0313. The van der Waals surface area contributed by atoms with Crippen molar-refractivity contribution < 1.29 is 31.1 Å². The highest BCUT2D eigenvalue weighted by Crippen LogP contribution is 2.33. The molecule has 0 saturated heterocycles. The molecule has 12 heteroatoms. The number of rotatable bonds is 3. The van der Waals surface area contributed by atoms with Gasteiger partial charge in [-0.15, -0.1) is 0 Å². The number of alkyl halides is 6. The van der Waals surface area contributed by atoms with E-state index in [4.69, 9.17) is 11.6 Å². The van der Waals surface area contributed by atoms with E-state index >= 15 is 0 Å². The van der Waals surface area contributed by atoms with E-state index in [1.165, 1.54) is 30.3 Å². The minimum Gasteiger partial charge on any atom is -0.321 e. The summed E-state index contributed by atoms with van der Waals surface area (Å²) >= 11 is 5.82. The molecule has 0 atom stereocenters. The molecule has 170 valence electrons. The predicted octanol–water partition coefficient (Wildman–Crippen LogP) is 6.34. The van der Waals surface area contributed by atoms with Crippen LogP contribution in [0.15, 0.2) is 60.7 Å². The Morgan fingerprint density at radius 3 is 2.24 bits per heavy atom. The molecule has 2 aromatic carbocycles. The van der Waals surface area contributed by atoms with Gasteiger partial charge in [0.1, 0.15) is 0 Å². The lowest BCUT2D eigenvalue weighted by Gasteiger charge is -2.11. The van der Waals surface area contributed by atoms with Crippen molar-refractivity contribution in [1.82, 2.24) is 14.6 Å². The highest BCUT2D eigenvalue weighted by Gasteiger charge is 2.36. The van der Waals surface area contributed by atoms with E-state index in [0.29, 0.717) is 21.2 Å². The van der Waals surface area contributed by atoms with Gasteiger partial charge in [-0.1, -0.05) is 29.8 Å². The zero-order valence-electron chi connectivity index (χ0n) is 16.2. The molecule has 2 heterocycles. The Kier molecular flexibility index (Phi) is 5.52. The van der Waals surface area contributed by atoms with Gasteiger partial charge in [0, 0.05) is 22.3 Å². The third-order valence-electron chi connectivity index (χ3n) is 4.54. The molecule has 33 heavy (non-hydrogen) atoms. The Labute approximate surface area is 186 Å². The molecule has 0 aliphatic rings. The van der Waals surface area contributed by atoms with Gasteiger partial charge >= 0.3 is 12.4 Å². The summed E-state index contributed by atoms with van der Waals surface area (Å²) in [5, 5.41) is 6.26. The van der Waals surface area contributed by atoms with Crippen LogP contribution in [0.3, 0.4) is 0 Å². The number of halogens is 7. The number of nitrogens with zero attached hydrogens (tertiary/aromatic N) is 3. The summed E-state index contributed by atoms with van der Waals surface area (Å²) in [6, 6.07) is 11.5. The number of carbonyl (C=O) groups is 1. The Bertz CT molecular complexity index is 1350. The van der Waals surface area contributed by atoms with E-state index in [1.807, 2.05) is 0 Å². The van der Waals surface area contributed by atoms with Crippen molar-refractivity contribution in [2.45, 2.75) is 12.4 Å². The van der Waals surface area contributed by atoms with Crippen molar-refractivity contribution in [3.8, 4) is 11.3 Å². The summed E-state index contributed by atoms with van der Waals surface area (Å²) in [7, 11) is 0. The molecule has 0 bridgehead atoms. The smallest absolute Gasteiger partial charge is 0.321 e. The van der Waals surface area contributed by atoms with Crippen molar-refractivity contribution in [3.63, 3.8) is 0 Å². The monoisotopic (exact) mass is 484 g/mol. The maximum atomic E-state index is 13.7. The molecular weight excluding hydrogens is 474 g/mol. The summed E-state index contributed by atoms with van der Waals surface area (Å²) in [6.45, 7) is 0. The van der Waals surface area contributed by atoms with Crippen LogP contribution in [-0.2, 0) is 12.4 Å². The van der Waals surface area contributed by atoms with Crippen LogP contribution in [0.2, 0.25) is 5.02 Å². The number of amides is 1. The highest BCUT2D eigenvalue weighted by atomic mass is 35.5. The van der Waals surface area contributed by atoms with Crippen LogP contribution in [0.5, 0.6) is 0 Å². The number of carbonyl (C=O) groups excluding carboxylic acids is 1. The fourth-order valence-corrected chi connectivity index (χ4v) is 3.15. The van der Waals surface area contributed by atoms with Gasteiger partial charge in [-0.3, -0.25) is 4.79 Å². The highest BCUT2D eigenvalue weighted by molar-refractivity contribution is 6.30. The molecule has 0 radical (unpaired) electrons. The van der Waals surface area contributed by atoms with Gasteiger partial charge < -0.3 is 5.32 Å². The molecule has 1 amide bonds. The van der Waals surface area contributed by atoms with Gasteiger partial charge in [0.05, 0.1) is 11.3 Å². The quantitative estimate of drug-likeness (QED) is 0.345. The molecule has 0 unspecified atom stereocenters. The van der Waals surface area contributed by atoms with E-state index in [2.05, 4.69) is 15.4 Å². The van der Waals surface area contributed by atoms with E-state index in [9.17, 15) is 31.1 Å². The largest absolute Gasteiger partial charge is 0.433 e. The number of nitrogens with one attached hydrogen (secondary N) is 1. The maximum Gasteiger partial charge on any atom is 0.433 e. The molecule has 1 N–H and O–H groups in total. The normalized spacial score (nSPS) is 12.2. The van der Waals surface area contributed by atoms with Crippen LogP contribution in [0, 0.1) is 0 Å². The molecule has 2 aromatic heterocycles. The predicted molar refractivity (Wildman–Crippen MR) is 108 cm³/mol. The molecule has 0 spiro atoms. The van der Waals surface area contributed by atoms with Crippen LogP contribution in [0.25, 0.3) is 16.9 Å². The first-order valence-electron chi connectivity index (χ1n) is 9.14. The first kappa shape index (κ1) is 22.6. The second-order valence-electron chi connectivity index (χ2n) is 6.86. The molecule has 4 rings (SSSR count). The Balaban J connectivity index is 1.74. The number of anilines is 1. The fourth-order valence-electron chi connectivity index (χ4n) is 3.02. The Morgan fingerprint density at radius 2 is 1.61 bits per heavy atom. The Hall–Kier alpha value is -3.60. The first-order valence-corrected chi connectivity index (χ1v) is 9.52. The minimum atomic E-state index is -4.83. The first-order chi connectivity index (χ1) is 15.4. The van der Waals surface area contributed by atoms with E-state index in [-0.39, 0.29) is 17.0 Å². The Morgan fingerprint density at radius 1 is 0.909 bits per heavy atom. The van der Waals surface area contributed by atoms with Gasteiger partial charge in [0.2, 0.25) is 0 Å². The summed E-state index contributed by atoms with van der Waals surface area (Å²) in [5.74, 6) is -0.999. The van der Waals surface area contributed by atoms with E-state index in [0.717, 1.165) is 24.3 Å². The van der Waals surface area contributed by atoms with Crippen molar-refractivity contribution in [1.29, 1.82) is 0 Å². The molecule has 4 aromatic rings. The average Bonchev–Trinajstić information content (AvgIpc) is 3.17. The number of fused-ring (bicyclic) bond motifs is 1. The number of aromatic nitrogens is 3. The SMILES string of the molecule is O=C(Nc1cccc(C(F)(F)F)c1)c1cc2nc(-c3ccc(Cl)cc3)cc(C(F)(F)F)n2n1. The summed E-state index contributed by atoms with van der Waals surface area (Å²) in [4.78, 5) is 16.6. The number of hydrogen-bond donors (Lipinski definition) is 1. The van der Waals surface area contributed by atoms with Crippen LogP contribution in [0.4, 0.5) is 32.0 Å². The van der Waals surface area contributed by atoms with Crippen LogP contribution >= 0.6 is 11.6 Å². The average molecular weight is 485 g/mol. The van der Waals surface area contributed by atoms with Crippen LogP contribution in [-0.4, -0.2) is 20.5 Å². The second-order valence-corrected chi connectivity index (χ2v) is 7.30. The van der Waals surface area contributed by atoms with Crippen LogP contribution in [0.1, 0.15) is 21.7 Å². The standard InChI is InChI=1S/C21H11ClF6N4O/c22-13-6-4-11(5-7-13)15-9-17(21(26,27)28)32-18(30-15)10-16(31-32)19(33)29-14-3-1-2-12(8-14)20(23,24)25/h1-10H,(H,29,33). The van der Waals surface area contributed by atoms with Crippen molar-refractivity contribution in [2.75, 3.05) is 5.32 Å². The molecular formula is C21H11ClF6N4O. The van der Waals surface area contributed by atoms with Gasteiger partial charge in [0.15, 0.2) is 17.0 Å². The lowest BCUT2D eigenvalue weighted by Crippen LogP contribution is -2.16. The third-order valence-corrected chi connectivity index (χ3v) is 4.79. The van der Waals surface area contributed by atoms with Gasteiger partial charge in [0.25, 0.3) is 5.91 Å². The number of hydrogen-bond acceptors (Lipinski definition) is 3. The molecule has 0 aliphatic heterocycles. The maximum absolute atomic E-state index is 13.7. The summed E-state index contributed by atoms with van der Waals surface area (Å²) < 4.78 is 80.1. The molecule has 5 nitrogen and oxygen atoms in total. The molecule has 0 saturated carbocycles. The zero-order chi connectivity index (χ0) is 24.0. The van der Waals surface area contributed by atoms with E-state index in [1.54, 1.807) is 0 Å². The summed E-state index contributed by atoms with van der Waals surface area (Å²) in [6.07, 6.45) is -9.46. The van der Waals surface area contributed by atoms with Crippen molar-refractivity contribution >= 4 is 28.8 Å². The number of benzene rings is 2.